The number of halogens is 3. The minimum absolute atomic E-state index is 0.0240. The summed E-state index contributed by atoms with van der Waals surface area (Å²) in [7, 11) is -2.22. The zero-order valence-electron chi connectivity index (χ0n) is 29.4. The number of anilines is 3. The molecule has 3 aromatic rings. The van der Waals surface area contributed by atoms with E-state index in [0.717, 1.165) is 18.2 Å². The number of rotatable bonds is 9. The van der Waals surface area contributed by atoms with E-state index in [2.05, 4.69) is 55.2 Å². The predicted molar refractivity (Wildman–Crippen MR) is 184 cm³/mol. The lowest BCUT2D eigenvalue weighted by Crippen LogP contribution is -2.46. The van der Waals surface area contributed by atoms with Gasteiger partial charge in [-0.15, -0.1) is 0 Å². The number of ether oxygens (including phenoxy) is 2. The van der Waals surface area contributed by atoms with Gasteiger partial charge in [-0.05, 0) is 80.9 Å². The van der Waals surface area contributed by atoms with Crippen molar-refractivity contribution >= 4 is 31.7 Å². The van der Waals surface area contributed by atoms with Gasteiger partial charge < -0.3 is 24.3 Å². The summed E-state index contributed by atoms with van der Waals surface area (Å²) < 4.78 is 58.5. The first-order chi connectivity index (χ1) is 22.6. The number of fused-ring (bicyclic) bond motifs is 1. The molecule has 1 aliphatic heterocycles. The van der Waals surface area contributed by atoms with Crippen LogP contribution in [0.3, 0.4) is 0 Å². The van der Waals surface area contributed by atoms with Gasteiger partial charge in [0.05, 0.1) is 34.8 Å². The van der Waals surface area contributed by atoms with Crippen LogP contribution >= 0.6 is 0 Å². The Kier molecular flexibility index (Phi) is 10.4. The number of amides is 1. The summed E-state index contributed by atoms with van der Waals surface area (Å²) in [6.07, 6.45) is -3.75. The quantitative estimate of drug-likeness (QED) is 0.212. The molecule has 1 atom stereocenters. The first-order valence-electron chi connectivity index (χ1n) is 15.9. The number of nitriles is 1. The number of hydrogen-bond donors (Lipinski definition) is 2. The molecule has 1 aliphatic rings. The van der Waals surface area contributed by atoms with Crippen LogP contribution in [-0.2, 0) is 20.8 Å². The van der Waals surface area contributed by atoms with E-state index in [1.807, 2.05) is 13.0 Å². The van der Waals surface area contributed by atoms with Crippen LogP contribution in [0.4, 0.5) is 35.3 Å². The highest BCUT2D eigenvalue weighted by atomic mass is 28.4. The fourth-order valence-electron chi connectivity index (χ4n) is 5.07. The number of aromatic nitrogens is 2. The van der Waals surface area contributed by atoms with E-state index in [1.54, 1.807) is 32.9 Å². The number of alkyl halides is 3. The van der Waals surface area contributed by atoms with E-state index >= 15 is 0 Å². The van der Waals surface area contributed by atoms with Gasteiger partial charge in [0.1, 0.15) is 24.0 Å². The maximum absolute atomic E-state index is 13.6. The van der Waals surface area contributed by atoms with Gasteiger partial charge in [0.25, 0.3) is 0 Å². The van der Waals surface area contributed by atoms with Gasteiger partial charge in [-0.3, -0.25) is 4.90 Å². The van der Waals surface area contributed by atoms with Gasteiger partial charge in [0.2, 0.25) is 5.95 Å². The fourth-order valence-corrected chi connectivity index (χ4v) is 6.18. The van der Waals surface area contributed by atoms with E-state index in [0.29, 0.717) is 22.5 Å². The highest BCUT2D eigenvalue weighted by Crippen LogP contribution is 2.47. The molecule has 264 valence electrons. The number of aliphatic hydroxyl groups excluding tert-OH is 1. The third-order valence-electron chi connectivity index (χ3n) is 8.68. The minimum Gasteiger partial charge on any atom is -0.489 e. The van der Waals surface area contributed by atoms with Gasteiger partial charge in [-0.2, -0.15) is 18.4 Å². The molecule has 49 heavy (non-hydrogen) atoms. The van der Waals surface area contributed by atoms with E-state index in [1.165, 1.54) is 11.1 Å². The Morgan fingerprint density at radius 1 is 1.12 bits per heavy atom. The van der Waals surface area contributed by atoms with Crippen molar-refractivity contribution in [2.24, 2.45) is 0 Å². The molecule has 10 nitrogen and oxygen atoms in total. The minimum atomic E-state index is -4.61. The summed E-state index contributed by atoms with van der Waals surface area (Å²) in [6.45, 7) is 18.1. The van der Waals surface area contributed by atoms with E-state index < -0.39 is 37.2 Å². The van der Waals surface area contributed by atoms with Gasteiger partial charge in [0.15, 0.2) is 8.32 Å². The maximum Gasteiger partial charge on any atom is 0.416 e. The summed E-state index contributed by atoms with van der Waals surface area (Å²) >= 11 is 0. The Morgan fingerprint density at radius 3 is 2.41 bits per heavy atom. The molecule has 2 aromatic carbocycles. The number of benzene rings is 2. The van der Waals surface area contributed by atoms with Crippen molar-refractivity contribution in [3.05, 3.63) is 59.3 Å². The SMILES string of the molecule is CC(C)(C)OC(=O)N1CC(C)(CO[Si](C)(C)C(C)(C)C)c2cc(-c3ccnc(Nc4cc(C(F)(F)F)ccc4OCCO)n3)cc(C#N)c21. The van der Waals surface area contributed by atoms with Crippen molar-refractivity contribution in [1.82, 2.24) is 9.97 Å². The van der Waals surface area contributed by atoms with Crippen LogP contribution in [0, 0.1) is 11.3 Å². The molecule has 2 N–H and O–H groups in total. The van der Waals surface area contributed by atoms with Crippen molar-refractivity contribution < 1.29 is 37.0 Å². The smallest absolute Gasteiger partial charge is 0.416 e. The molecule has 0 saturated heterocycles. The molecule has 2 heterocycles. The Morgan fingerprint density at radius 2 is 1.82 bits per heavy atom. The molecule has 1 unspecified atom stereocenters. The maximum atomic E-state index is 13.6. The third kappa shape index (κ3) is 8.52. The second-order valence-electron chi connectivity index (χ2n) is 14.9. The number of carbonyl (C=O) groups is 1. The molecule has 0 spiro atoms. The molecule has 0 fully saturated rings. The van der Waals surface area contributed by atoms with Crippen LogP contribution in [0.1, 0.15) is 65.2 Å². The van der Waals surface area contributed by atoms with Gasteiger partial charge >= 0.3 is 12.3 Å². The number of hydrogen-bond acceptors (Lipinski definition) is 9. The van der Waals surface area contributed by atoms with Gasteiger partial charge in [-0.25, -0.2) is 14.8 Å². The normalized spacial score (nSPS) is 16.6. The molecular weight excluding hydrogens is 655 g/mol. The Bertz CT molecular complexity index is 1750. The topological polar surface area (TPSA) is 130 Å². The number of nitrogens with one attached hydrogen (secondary N) is 1. The summed E-state index contributed by atoms with van der Waals surface area (Å²) in [5, 5.41) is 22.3. The fraction of sp³-hybridized carbons (Fsp3) is 0.486. The van der Waals surface area contributed by atoms with Gasteiger partial charge in [0, 0.05) is 30.3 Å². The summed E-state index contributed by atoms with van der Waals surface area (Å²) in [5.74, 6) is 0.0455. The molecular formula is C35H44F3N5O5Si. The Labute approximate surface area is 286 Å². The summed E-state index contributed by atoms with van der Waals surface area (Å²) in [4.78, 5) is 23.8. The Hall–Kier alpha value is -4.19. The second-order valence-corrected chi connectivity index (χ2v) is 19.7. The molecule has 1 aromatic heterocycles. The van der Waals surface area contributed by atoms with E-state index in [-0.39, 0.29) is 54.4 Å². The monoisotopic (exact) mass is 699 g/mol. The first-order valence-corrected chi connectivity index (χ1v) is 18.8. The zero-order valence-corrected chi connectivity index (χ0v) is 30.4. The van der Waals surface area contributed by atoms with Crippen molar-refractivity contribution in [1.29, 1.82) is 5.26 Å². The van der Waals surface area contributed by atoms with Crippen LogP contribution in [0.25, 0.3) is 11.3 Å². The van der Waals surface area contributed by atoms with Crippen LogP contribution in [-0.4, -0.2) is 61.5 Å². The van der Waals surface area contributed by atoms with Crippen molar-refractivity contribution in [3.63, 3.8) is 0 Å². The first kappa shape index (κ1) is 37.6. The number of carbonyl (C=O) groups excluding carboxylic acids is 1. The van der Waals surface area contributed by atoms with E-state index in [9.17, 15) is 28.3 Å². The Balaban J connectivity index is 1.80. The zero-order chi connectivity index (χ0) is 36.6. The highest BCUT2D eigenvalue weighted by molar-refractivity contribution is 6.74. The molecule has 0 saturated carbocycles. The molecule has 0 bridgehead atoms. The number of aliphatic hydroxyl groups is 1. The lowest BCUT2D eigenvalue weighted by atomic mass is 9.83. The molecule has 1 amide bonds. The van der Waals surface area contributed by atoms with Crippen molar-refractivity contribution in [2.45, 2.75) is 83.8 Å². The highest BCUT2D eigenvalue weighted by Gasteiger charge is 2.47. The number of nitrogens with zero attached hydrogens (tertiary/aromatic N) is 4. The summed E-state index contributed by atoms with van der Waals surface area (Å²) in [6, 6.07) is 10.3. The van der Waals surface area contributed by atoms with Crippen LogP contribution in [0.15, 0.2) is 42.6 Å². The van der Waals surface area contributed by atoms with Crippen molar-refractivity contribution in [3.8, 4) is 23.1 Å². The molecule has 14 heteroatoms. The second kappa shape index (κ2) is 13.6. The van der Waals surface area contributed by atoms with Crippen LogP contribution < -0.4 is 15.0 Å². The van der Waals surface area contributed by atoms with E-state index in [4.69, 9.17) is 13.9 Å². The summed E-state index contributed by atoms with van der Waals surface area (Å²) in [5.41, 5.74) is -0.178. The average Bonchev–Trinajstić information content (AvgIpc) is 3.30. The third-order valence-corrected chi connectivity index (χ3v) is 13.2. The van der Waals surface area contributed by atoms with Crippen molar-refractivity contribution in [2.75, 3.05) is 36.6 Å². The van der Waals surface area contributed by atoms with Crippen LogP contribution in [0.2, 0.25) is 18.1 Å². The lowest BCUT2D eigenvalue weighted by Gasteiger charge is -2.39. The predicted octanol–water partition coefficient (Wildman–Crippen LogP) is 8.18. The average molecular weight is 700 g/mol. The largest absolute Gasteiger partial charge is 0.489 e. The van der Waals surface area contributed by atoms with Gasteiger partial charge in [-0.1, -0.05) is 27.7 Å². The lowest BCUT2D eigenvalue weighted by molar-refractivity contribution is -0.137. The van der Waals surface area contributed by atoms with Crippen LogP contribution in [0.5, 0.6) is 5.75 Å². The molecule has 0 aliphatic carbocycles. The molecule has 4 rings (SSSR count). The molecule has 0 radical (unpaired) electrons. The standard InChI is InChI=1S/C35H44F3N5O5Si/c1-32(2,3)48-31(45)43-20-34(7,21-47-49(8,9)33(4,5)6)25-17-22(16-23(19-39)29(25)43)26-12-13-40-30(41-26)42-27-18-24(35(36,37)38)10-11-28(27)46-15-14-44/h10-13,16-18,44H,14-15,20-21H2,1-9H3,(H,40,41,42).